The molecule has 0 atom stereocenters. The number of rotatable bonds is 7. The van der Waals surface area contributed by atoms with Gasteiger partial charge in [-0.15, -0.1) is 10.2 Å². The number of hydrogen-bond donors (Lipinski definition) is 0. The first-order chi connectivity index (χ1) is 12.8. The van der Waals surface area contributed by atoms with Crippen LogP contribution in [0.5, 0.6) is 0 Å². The molecule has 4 rings (SSSR count). The standard InChI is InChI=1S/C20H20N4OS/c1-2-14-3-5-15(6-4-14)18(25)13-26-20-23-22-19(24(20)17-7-8-17)16-9-11-21-12-10-16/h3-6,9-12,17H,2,7-8,13H2,1H3. The molecule has 0 amide bonds. The second-order valence-corrected chi connectivity index (χ2v) is 7.35. The van der Waals surface area contributed by atoms with Gasteiger partial charge in [0.1, 0.15) is 0 Å². The Balaban J connectivity index is 1.51. The van der Waals surface area contributed by atoms with E-state index >= 15 is 0 Å². The molecule has 1 aromatic carbocycles. The lowest BCUT2D eigenvalue weighted by Crippen LogP contribution is -2.05. The molecule has 0 unspecified atom stereocenters. The summed E-state index contributed by atoms with van der Waals surface area (Å²) in [5.74, 6) is 1.35. The van der Waals surface area contributed by atoms with Gasteiger partial charge in [-0.05, 0) is 37.0 Å². The lowest BCUT2D eigenvalue weighted by atomic mass is 10.1. The first-order valence-electron chi connectivity index (χ1n) is 8.86. The highest BCUT2D eigenvalue weighted by atomic mass is 32.2. The highest BCUT2D eigenvalue weighted by Gasteiger charge is 2.30. The average Bonchev–Trinajstić information content (AvgIpc) is 3.45. The van der Waals surface area contributed by atoms with Crippen LogP contribution >= 0.6 is 11.8 Å². The van der Waals surface area contributed by atoms with E-state index < -0.39 is 0 Å². The summed E-state index contributed by atoms with van der Waals surface area (Å²) in [5.41, 5.74) is 3.00. The number of thioether (sulfide) groups is 1. The summed E-state index contributed by atoms with van der Waals surface area (Å²) < 4.78 is 2.17. The molecule has 1 fully saturated rings. The maximum absolute atomic E-state index is 12.5. The molecule has 6 heteroatoms. The van der Waals surface area contributed by atoms with Gasteiger partial charge >= 0.3 is 0 Å². The fourth-order valence-electron chi connectivity index (χ4n) is 2.87. The van der Waals surface area contributed by atoms with Crippen LogP contribution in [0.3, 0.4) is 0 Å². The smallest absolute Gasteiger partial charge is 0.192 e. The van der Waals surface area contributed by atoms with Gasteiger partial charge in [0.2, 0.25) is 0 Å². The van der Waals surface area contributed by atoms with Crippen molar-refractivity contribution in [2.75, 3.05) is 5.75 Å². The number of carbonyl (C=O) groups is 1. The third kappa shape index (κ3) is 3.55. The topological polar surface area (TPSA) is 60.7 Å². The van der Waals surface area contributed by atoms with E-state index in [0.717, 1.165) is 41.4 Å². The molecular formula is C20H20N4OS. The Labute approximate surface area is 156 Å². The molecule has 0 spiro atoms. The zero-order valence-corrected chi connectivity index (χ0v) is 15.4. The maximum Gasteiger partial charge on any atom is 0.192 e. The highest BCUT2D eigenvalue weighted by molar-refractivity contribution is 7.99. The first-order valence-corrected chi connectivity index (χ1v) is 9.85. The van der Waals surface area contributed by atoms with Gasteiger partial charge in [-0.3, -0.25) is 14.3 Å². The van der Waals surface area contributed by atoms with Crippen LogP contribution in [0.4, 0.5) is 0 Å². The molecule has 0 N–H and O–H groups in total. The quantitative estimate of drug-likeness (QED) is 0.464. The van der Waals surface area contributed by atoms with Crippen molar-refractivity contribution >= 4 is 17.5 Å². The minimum Gasteiger partial charge on any atom is -0.299 e. The Morgan fingerprint density at radius 1 is 1.12 bits per heavy atom. The highest BCUT2D eigenvalue weighted by Crippen LogP contribution is 2.41. The normalized spacial score (nSPS) is 13.7. The number of aryl methyl sites for hydroxylation is 1. The minimum absolute atomic E-state index is 0.119. The number of ketones is 1. The molecule has 0 bridgehead atoms. The minimum atomic E-state index is 0.119. The van der Waals surface area contributed by atoms with Crippen molar-refractivity contribution in [2.45, 2.75) is 37.4 Å². The molecule has 1 aliphatic carbocycles. The zero-order valence-electron chi connectivity index (χ0n) is 14.6. The lowest BCUT2D eigenvalue weighted by molar-refractivity contribution is 0.102. The third-order valence-electron chi connectivity index (χ3n) is 4.53. The van der Waals surface area contributed by atoms with Crippen molar-refractivity contribution in [3.05, 3.63) is 59.9 Å². The molecule has 1 aliphatic rings. The Bertz CT molecular complexity index is 901. The predicted octanol–water partition coefficient (Wildman–Crippen LogP) is 4.21. The van der Waals surface area contributed by atoms with Crippen molar-refractivity contribution in [3.63, 3.8) is 0 Å². The Morgan fingerprint density at radius 3 is 2.50 bits per heavy atom. The van der Waals surface area contributed by atoms with Crippen molar-refractivity contribution in [1.29, 1.82) is 0 Å². The molecule has 132 valence electrons. The number of nitrogens with zero attached hydrogens (tertiary/aromatic N) is 4. The van der Waals surface area contributed by atoms with Gasteiger partial charge < -0.3 is 0 Å². The zero-order chi connectivity index (χ0) is 17.9. The van der Waals surface area contributed by atoms with Gasteiger partial charge in [-0.2, -0.15) is 0 Å². The van der Waals surface area contributed by atoms with E-state index in [4.69, 9.17) is 0 Å². The van der Waals surface area contributed by atoms with E-state index in [1.807, 2.05) is 36.4 Å². The van der Waals surface area contributed by atoms with Gasteiger partial charge in [0.25, 0.3) is 0 Å². The van der Waals surface area contributed by atoms with Crippen molar-refractivity contribution in [1.82, 2.24) is 19.7 Å². The number of benzene rings is 1. The molecule has 0 saturated heterocycles. The summed E-state index contributed by atoms with van der Waals surface area (Å²) in [6.45, 7) is 2.11. The molecule has 5 nitrogen and oxygen atoms in total. The summed E-state index contributed by atoms with van der Waals surface area (Å²) in [7, 11) is 0. The van der Waals surface area contributed by atoms with E-state index in [2.05, 4.69) is 26.7 Å². The van der Waals surface area contributed by atoms with Crippen LogP contribution < -0.4 is 0 Å². The van der Waals surface area contributed by atoms with E-state index in [0.29, 0.717) is 11.8 Å². The summed E-state index contributed by atoms with van der Waals surface area (Å²) in [4.78, 5) is 16.6. The fraction of sp³-hybridized carbons (Fsp3) is 0.300. The monoisotopic (exact) mass is 364 g/mol. The Kier molecular flexibility index (Phi) is 4.84. The van der Waals surface area contributed by atoms with E-state index in [1.54, 1.807) is 12.4 Å². The van der Waals surface area contributed by atoms with Crippen LogP contribution in [0.15, 0.2) is 53.9 Å². The number of pyridine rings is 1. The van der Waals surface area contributed by atoms with Crippen LogP contribution in [0, 0.1) is 0 Å². The summed E-state index contributed by atoms with van der Waals surface area (Å²) in [6, 6.07) is 12.2. The maximum atomic E-state index is 12.5. The second kappa shape index (κ2) is 7.41. The van der Waals surface area contributed by atoms with Gasteiger partial charge in [0.15, 0.2) is 16.8 Å². The van der Waals surface area contributed by atoms with Crippen molar-refractivity contribution in [2.24, 2.45) is 0 Å². The lowest BCUT2D eigenvalue weighted by Gasteiger charge is -2.08. The number of Topliss-reactive ketones (excluding diaryl/α,β-unsaturated/α-hetero) is 1. The van der Waals surface area contributed by atoms with Crippen LogP contribution in [0.1, 0.15) is 41.7 Å². The van der Waals surface area contributed by atoms with Gasteiger partial charge in [0, 0.05) is 29.6 Å². The molecule has 2 heterocycles. The Morgan fingerprint density at radius 2 is 1.85 bits per heavy atom. The average molecular weight is 364 g/mol. The summed E-state index contributed by atoms with van der Waals surface area (Å²) in [5, 5.41) is 9.54. The molecule has 26 heavy (non-hydrogen) atoms. The second-order valence-electron chi connectivity index (χ2n) is 6.41. The SMILES string of the molecule is CCc1ccc(C(=O)CSc2nnc(-c3ccncc3)n2C2CC2)cc1. The Hall–Kier alpha value is -2.47. The van der Waals surface area contributed by atoms with Crippen molar-refractivity contribution in [3.8, 4) is 11.4 Å². The van der Waals surface area contributed by atoms with Crippen molar-refractivity contribution < 1.29 is 4.79 Å². The van der Waals surface area contributed by atoms with Crippen LogP contribution in [0.25, 0.3) is 11.4 Å². The van der Waals surface area contributed by atoms with E-state index in [9.17, 15) is 4.79 Å². The van der Waals surface area contributed by atoms with Gasteiger partial charge in [-0.1, -0.05) is 43.0 Å². The third-order valence-corrected chi connectivity index (χ3v) is 5.47. The summed E-state index contributed by atoms with van der Waals surface area (Å²) in [6.07, 6.45) is 6.77. The first kappa shape index (κ1) is 17.0. The predicted molar refractivity (Wildman–Crippen MR) is 102 cm³/mol. The van der Waals surface area contributed by atoms with Gasteiger partial charge in [0.05, 0.1) is 5.75 Å². The number of carbonyl (C=O) groups excluding carboxylic acids is 1. The van der Waals surface area contributed by atoms with Gasteiger partial charge in [-0.25, -0.2) is 0 Å². The van der Waals surface area contributed by atoms with Crippen LogP contribution in [0.2, 0.25) is 0 Å². The van der Waals surface area contributed by atoms with Crippen LogP contribution in [-0.4, -0.2) is 31.3 Å². The summed E-state index contributed by atoms with van der Waals surface area (Å²) >= 11 is 1.47. The molecule has 3 aromatic rings. The molecule has 1 saturated carbocycles. The van der Waals surface area contributed by atoms with E-state index in [1.165, 1.54) is 17.3 Å². The molecule has 0 radical (unpaired) electrons. The molecule has 0 aliphatic heterocycles. The number of aromatic nitrogens is 4. The fourth-order valence-corrected chi connectivity index (χ4v) is 3.77. The molecular weight excluding hydrogens is 344 g/mol. The van der Waals surface area contributed by atoms with Crippen LogP contribution in [-0.2, 0) is 6.42 Å². The molecule has 2 aromatic heterocycles. The van der Waals surface area contributed by atoms with E-state index in [-0.39, 0.29) is 5.78 Å². The largest absolute Gasteiger partial charge is 0.299 e. The number of hydrogen-bond acceptors (Lipinski definition) is 5.